The van der Waals surface area contributed by atoms with Gasteiger partial charge in [-0.25, -0.2) is 4.39 Å². The molecule has 2 atom stereocenters. The van der Waals surface area contributed by atoms with Crippen LogP contribution < -0.4 is 4.90 Å². The Hall–Kier alpha value is -1.82. The van der Waals surface area contributed by atoms with E-state index in [4.69, 9.17) is 11.6 Å². The summed E-state index contributed by atoms with van der Waals surface area (Å²) in [5, 5.41) is 9.56. The van der Waals surface area contributed by atoms with Gasteiger partial charge < -0.3 is 14.9 Å². The summed E-state index contributed by atoms with van der Waals surface area (Å²) in [5.74, 6) is -1.69. The lowest BCUT2D eigenvalue weighted by molar-refractivity contribution is -0.145. The first-order valence-corrected chi connectivity index (χ1v) is 9.05. The predicted octanol–water partition coefficient (Wildman–Crippen LogP) is 3.02. The van der Waals surface area contributed by atoms with Gasteiger partial charge in [-0.1, -0.05) is 18.0 Å². The predicted molar refractivity (Wildman–Crippen MR) is 93.3 cm³/mol. The summed E-state index contributed by atoms with van der Waals surface area (Å²) in [6.45, 7) is 2.40. The van der Waals surface area contributed by atoms with E-state index < -0.39 is 11.9 Å². The van der Waals surface area contributed by atoms with E-state index >= 15 is 0 Å². The number of carboxylic acids is 1. The first kappa shape index (κ1) is 18.0. The Kier molecular flexibility index (Phi) is 5.47. The lowest BCUT2D eigenvalue weighted by atomic mass is 9.80. The van der Waals surface area contributed by atoms with E-state index in [1.807, 2.05) is 9.80 Å². The van der Waals surface area contributed by atoms with Crippen LogP contribution in [0.2, 0.25) is 5.02 Å². The van der Waals surface area contributed by atoms with Gasteiger partial charge in [0.15, 0.2) is 0 Å². The van der Waals surface area contributed by atoms with Crippen molar-refractivity contribution in [2.75, 3.05) is 31.1 Å². The summed E-state index contributed by atoms with van der Waals surface area (Å²) < 4.78 is 13.2. The molecule has 1 amide bonds. The molecule has 1 aromatic rings. The van der Waals surface area contributed by atoms with Crippen molar-refractivity contribution in [3.8, 4) is 0 Å². The Bertz CT molecular complexity index is 662. The van der Waals surface area contributed by atoms with Crippen molar-refractivity contribution in [2.24, 2.45) is 11.8 Å². The van der Waals surface area contributed by atoms with Crippen LogP contribution in [0, 0.1) is 17.7 Å². The van der Waals surface area contributed by atoms with Crippen LogP contribution in [0.25, 0.3) is 0 Å². The molecule has 7 heteroatoms. The van der Waals surface area contributed by atoms with Gasteiger partial charge in [-0.3, -0.25) is 9.59 Å². The van der Waals surface area contributed by atoms with Crippen LogP contribution in [-0.2, 0) is 9.59 Å². The van der Waals surface area contributed by atoms with Gasteiger partial charge in [-0.2, -0.15) is 0 Å². The monoisotopic (exact) mass is 368 g/mol. The molecule has 25 heavy (non-hydrogen) atoms. The molecule has 0 aromatic heterocycles. The highest BCUT2D eigenvalue weighted by Gasteiger charge is 2.34. The maximum absolute atomic E-state index is 13.2. The molecule has 2 unspecified atom stereocenters. The number of hydrogen-bond acceptors (Lipinski definition) is 3. The Morgan fingerprint density at radius 1 is 1.12 bits per heavy atom. The molecule has 0 bridgehead atoms. The third kappa shape index (κ3) is 4.06. The number of carbonyl (C=O) groups is 2. The summed E-state index contributed by atoms with van der Waals surface area (Å²) in [7, 11) is 0. The number of benzene rings is 1. The van der Waals surface area contributed by atoms with E-state index in [2.05, 4.69) is 0 Å². The van der Waals surface area contributed by atoms with Gasteiger partial charge in [-0.15, -0.1) is 0 Å². The smallest absolute Gasteiger partial charge is 0.306 e. The molecule has 0 spiro atoms. The molecule has 2 aliphatic rings. The second-order valence-electron chi connectivity index (χ2n) is 6.81. The number of anilines is 1. The zero-order valence-corrected chi connectivity index (χ0v) is 14.7. The topological polar surface area (TPSA) is 60.9 Å². The maximum Gasteiger partial charge on any atom is 0.306 e. The number of rotatable bonds is 3. The third-order valence-corrected chi connectivity index (χ3v) is 5.52. The van der Waals surface area contributed by atoms with E-state index in [-0.39, 0.29) is 17.6 Å². The number of nitrogens with zero attached hydrogens (tertiary/aromatic N) is 2. The van der Waals surface area contributed by atoms with E-state index in [1.165, 1.54) is 12.1 Å². The summed E-state index contributed by atoms with van der Waals surface area (Å²) in [6, 6.07) is 4.34. The van der Waals surface area contributed by atoms with Crippen molar-refractivity contribution in [3.05, 3.63) is 29.0 Å². The van der Waals surface area contributed by atoms with Crippen LogP contribution in [0.5, 0.6) is 0 Å². The van der Waals surface area contributed by atoms with Crippen molar-refractivity contribution >= 4 is 29.2 Å². The van der Waals surface area contributed by atoms with Gasteiger partial charge in [0.2, 0.25) is 5.91 Å². The molecule has 3 rings (SSSR count). The van der Waals surface area contributed by atoms with Crippen LogP contribution in [0.4, 0.5) is 10.1 Å². The number of aliphatic carboxylic acids is 1. The molecular weight excluding hydrogens is 347 g/mol. The fourth-order valence-corrected chi connectivity index (χ4v) is 4.09. The Morgan fingerprint density at radius 3 is 2.44 bits per heavy atom. The molecule has 2 fully saturated rings. The molecule has 1 aliphatic heterocycles. The summed E-state index contributed by atoms with van der Waals surface area (Å²) >= 11 is 6.11. The van der Waals surface area contributed by atoms with Crippen molar-refractivity contribution in [3.63, 3.8) is 0 Å². The van der Waals surface area contributed by atoms with Crippen LogP contribution in [0.1, 0.15) is 25.7 Å². The van der Waals surface area contributed by atoms with Gasteiger partial charge in [-0.05, 0) is 37.5 Å². The second kappa shape index (κ2) is 7.60. The lowest BCUT2D eigenvalue weighted by Crippen LogP contribution is -2.51. The SMILES string of the molecule is O=C(O)C1CCCC(C(=O)N2CCN(c3ccc(F)cc3Cl)CC2)C1. The van der Waals surface area contributed by atoms with Crippen molar-refractivity contribution < 1.29 is 19.1 Å². The van der Waals surface area contributed by atoms with Crippen molar-refractivity contribution in [1.82, 2.24) is 4.90 Å². The summed E-state index contributed by atoms with van der Waals surface area (Å²) in [4.78, 5) is 27.8. The van der Waals surface area contributed by atoms with Gasteiger partial charge in [0.05, 0.1) is 16.6 Å². The minimum absolute atomic E-state index is 0.0656. The Morgan fingerprint density at radius 2 is 1.80 bits per heavy atom. The number of hydrogen-bond donors (Lipinski definition) is 1. The normalized spacial score (nSPS) is 24.2. The minimum atomic E-state index is -0.798. The maximum atomic E-state index is 13.2. The van der Waals surface area contributed by atoms with E-state index in [1.54, 1.807) is 6.07 Å². The molecule has 1 heterocycles. The Labute approximate surface area is 151 Å². The number of amides is 1. The highest BCUT2D eigenvalue weighted by molar-refractivity contribution is 6.33. The van der Waals surface area contributed by atoms with Crippen LogP contribution >= 0.6 is 11.6 Å². The lowest BCUT2D eigenvalue weighted by Gasteiger charge is -2.39. The highest BCUT2D eigenvalue weighted by atomic mass is 35.5. The van der Waals surface area contributed by atoms with E-state index in [0.717, 1.165) is 18.5 Å². The molecule has 1 N–H and O–H groups in total. The fourth-order valence-electron chi connectivity index (χ4n) is 3.80. The quantitative estimate of drug-likeness (QED) is 0.890. The van der Waals surface area contributed by atoms with Gasteiger partial charge in [0, 0.05) is 32.1 Å². The molecular formula is C18H22ClFN2O3. The standard InChI is InChI=1S/C18H22ClFN2O3/c19-15-11-14(20)4-5-16(15)21-6-8-22(9-7-21)17(23)12-2-1-3-13(10-12)18(24)25/h4-5,11-13H,1-3,6-10H2,(H,24,25). The van der Waals surface area contributed by atoms with Gasteiger partial charge >= 0.3 is 5.97 Å². The molecule has 1 saturated carbocycles. The van der Waals surface area contributed by atoms with Gasteiger partial charge in [0.1, 0.15) is 5.82 Å². The van der Waals surface area contributed by atoms with Gasteiger partial charge in [0.25, 0.3) is 0 Å². The number of halogens is 2. The molecule has 0 radical (unpaired) electrons. The second-order valence-corrected chi connectivity index (χ2v) is 7.21. The fraction of sp³-hybridized carbons (Fsp3) is 0.556. The average Bonchev–Trinajstić information content (AvgIpc) is 2.61. The minimum Gasteiger partial charge on any atom is -0.481 e. The number of carboxylic acid groups (broad SMARTS) is 1. The van der Waals surface area contributed by atoms with Crippen LogP contribution in [-0.4, -0.2) is 48.1 Å². The van der Waals surface area contributed by atoms with Crippen LogP contribution in [0.15, 0.2) is 18.2 Å². The molecule has 136 valence electrons. The molecule has 5 nitrogen and oxygen atoms in total. The molecule has 1 saturated heterocycles. The number of piperazine rings is 1. The molecule has 1 aromatic carbocycles. The largest absolute Gasteiger partial charge is 0.481 e. The van der Waals surface area contributed by atoms with Crippen LogP contribution in [0.3, 0.4) is 0 Å². The first-order valence-electron chi connectivity index (χ1n) is 8.67. The summed E-state index contributed by atoms with van der Waals surface area (Å²) in [6.07, 6.45) is 2.67. The molecule has 1 aliphatic carbocycles. The summed E-state index contributed by atoms with van der Waals surface area (Å²) in [5.41, 5.74) is 0.777. The van der Waals surface area contributed by atoms with E-state index in [0.29, 0.717) is 44.0 Å². The first-order chi connectivity index (χ1) is 12.0. The average molecular weight is 369 g/mol. The Balaban J connectivity index is 1.58. The number of carbonyl (C=O) groups excluding carboxylic acids is 1. The third-order valence-electron chi connectivity index (χ3n) is 5.21. The van der Waals surface area contributed by atoms with E-state index in [9.17, 15) is 19.1 Å². The highest BCUT2D eigenvalue weighted by Crippen LogP contribution is 2.32. The zero-order chi connectivity index (χ0) is 18.0. The van der Waals surface area contributed by atoms with Crippen molar-refractivity contribution in [2.45, 2.75) is 25.7 Å². The zero-order valence-electron chi connectivity index (χ0n) is 14.0. The van der Waals surface area contributed by atoms with Crippen molar-refractivity contribution in [1.29, 1.82) is 0 Å².